The summed E-state index contributed by atoms with van der Waals surface area (Å²) in [5.41, 5.74) is 0. The Balaban J connectivity index is 2.01. The van der Waals surface area contributed by atoms with Gasteiger partial charge in [-0.3, -0.25) is 0 Å². The molecule has 0 saturated carbocycles. The van der Waals surface area contributed by atoms with E-state index < -0.39 is 16.0 Å². The summed E-state index contributed by atoms with van der Waals surface area (Å²) >= 11 is 1.09. The molecule has 0 amide bonds. The second-order valence-electron chi connectivity index (χ2n) is 5.22. The highest BCUT2D eigenvalue weighted by molar-refractivity contribution is 7.89. The fourth-order valence-corrected chi connectivity index (χ4v) is 6.20. The van der Waals surface area contributed by atoms with Crippen molar-refractivity contribution >= 4 is 27.3 Å². The molecule has 0 N–H and O–H groups in total. The van der Waals surface area contributed by atoms with Crippen LogP contribution in [0, 0.1) is 0 Å². The van der Waals surface area contributed by atoms with Gasteiger partial charge in [-0.05, 0) is 24.3 Å². The molecule has 8 heteroatoms. The van der Waals surface area contributed by atoms with Crippen molar-refractivity contribution in [2.75, 3.05) is 20.3 Å². The van der Waals surface area contributed by atoms with Gasteiger partial charge >= 0.3 is 5.97 Å². The van der Waals surface area contributed by atoms with Crippen LogP contribution in [0.5, 0.6) is 0 Å². The molecule has 2 aliphatic rings. The van der Waals surface area contributed by atoms with Gasteiger partial charge in [-0.1, -0.05) is 6.42 Å². The third kappa shape index (κ3) is 2.50. The zero-order valence-electron chi connectivity index (χ0n) is 11.6. The predicted molar refractivity (Wildman–Crippen MR) is 76.9 cm³/mol. The Hall–Kier alpha value is -0.960. The van der Waals surface area contributed by atoms with Gasteiger partial charge in [0.05, 0.1) is 20.3 Å². The van der Waals surface area contributed by atoms with Gasteiger partial charge in [0.2, 0.25) is 10.0 Å². The number of methoxy groups -OCH3 is 1. The van der Waals surface area contributed by atoms with Crippen LogP contribution in [0.25, 0.3) is 0 Å². The number of hydrogen-bond donors (Lipinski definition) is 0. The predicted octanol–water partition coefficient (Wildman–Crippen LogP) is 1.48. The molecule has 0 aromatic carbocycles. The highest BCUT2D eigenvalue weighted by Crippen LogP contribution is 2.35. The highest BCUT2D eigenvalue weighted by atomic mass is 32.2. The van der Waals surface area contributed by atoms with Gasteiger partial charge in [-0.15, -0.1) is 11.3 Å². The summed E-state index contributed by atoms with van der Waals surface area (Å²) in [6.07, 6.45) is 2.61. The molecule has 0 aliphatic carbocycles. The molecule has 116 valence electrons. The van der Waals surface area contributed by atoms with E-state index in [9.17, 15) is 13.2 Å². The van der Waals surface area contributed by atoms with E-state index in [0.717, 1.165) is 30.6 Å². The number of morpholine rings is 1. The summed E-state index contributed by atoms with van der Waals surface area (Å²) < 4.78 is 37.7. The second kappa shape index (κ2) is 5.68. The zero-order chi connectivity index (χ0) is 15.0. The van der Waals surface area contributed by atoms with E-state index >= 15 is 0 Å². The smallest absolute Gasteiger partial charge is 0.349 e. The molecule has 1 aromatic heterocycles. The van der Waals surface area contributed by atoms with Gasteiger partial charge in [0.25, 0.3) is 0 Å². The van der Waals surface area contributed by atoms with Crippen LogP contribution >= 0.6 is 11.3 Å². The van der Waals surface area contributed by atoms with E-state index in [1.165, 1.54) is 13.2 Å². The Morgan fingerprint density at radius 2 is 2.05 bits per heavy atom. The molecule has 0 unspecified atom stereocenters. The first-order chi connectivity index (χ1) is 10.1. The molecule has 3 rings (SSSR count). The van der Waals surface area contributed by atoms with Crippen LogP contribution in [0.15, 0.2) is 16.3 Å². The molecule has 2 fully saturated rings. The van der Waals surface area contributed by atoms with Crippen molar-refractivity contribution in [3.05, 3.63) is 16.3 Å². The third-order valence-corrected chi connectivity index (χ3v) is 7.04. The molecule has 1 aromatic rings. The monoisotopic (exact) mass is 331 g/mol. The van der Waals surface area contributed by atoms with Gasteiger partial charge in [-0.25, -0.2) is 13.2 Å². The average molecular weight is 331 g/mol. The molecule has 2 atom stereocenters. The normalized spacial score (nSPS) is 26.5. The number of carbonyl (C=O) groups is 1. The number of esters is 1. The zero-order valence-corrected chi connectivity index (χ0v) is 13.3. The summed E-state index contributed by atoms with van der Waals surface area (Å²) in [4.78, 5) is 11.9. The Kier molecular flexibility index (Phi) is 4.04. The van der Waals surface area contributed by atoms with Crippen molar-refractivity contribution in [2.24, 2.45) is 0 Å². The van der Waals surface area contributed by atoms with Crippen molar-refractivity contribution in [3.8, 4) is 0 Å². The molecule has 0 spiro atoms. The van der Waals surface area contributed by atoms with Gasteiger partial charge < -0.3 is 9.47 Å². The lowest BCUT2D eigenvalue weighted by Gasteiger charge is -2.44. The van der Waals surface area contributed by atoms with Crippen molar-refractivity contribution < 1.29 is 22.7 Å². The molecule has 21 heavy (non-hydrogen) atoms. The van der Waals surface area contributed by atoms with Gasteiger partial charge in [0.1, 0.15) is 9.77 Å². The minimum Gasteiger partial charge on any atom is -0.465 e. The van der Waals surface area contributed by atoms with Crippen LogP contribution in [0.2, 0.25) is 0 Å². The number of piperidine rings is 1. The first-order valence-corrected chi connectivity index (χ1v) is 9.14. The maximum absolute atomic E-state index is 13.0. The highest BCUT2D eigenvalue weighted by Gasteiger charge is 2.44. The number of rotatable bonds is 3. The molecule has 3 heterocycles. The number of sulfonamides is 1. The lowest BCUT2D eigenvalue weighted by Crippen LogP contribution is -2.57. The van der Waals surface area contributed by atoms with E-state index in [0.29, 0.717) is 13.2 Å². The van der Waals surface area contributed by atoms with Crippen molar-refractivity contribution in [3.63, 3.8) is 0 Å². The van der Waals surface area contributed by atoms with Crippen LogP contribution in [0.4, 0.5) is 0 Å². The second-order valence-corrected chi connectivity index (χ2v) is 7.94. The van der Waals surface area contributed by atoms with Gasteiger partial charge in [-0.2, -0.15) is 4.31 Å². The van der Waals surface area contributed by atoms with E-state index in [1.54, 1.807) is 9.69 Å². The minimum atomic E-state index is -3.70. The van der Waals surface area contributed by atoms with Crippen LogP contribution < -0.4 is 0 Å². The van der Waals surface area contributed by atoms with Crippen LogP contribution in [-0.2, 0) is 19.5 Å². The Morgan fingerprint density at radius 3 is 2.67 bits per heavy atom. The largest absolute Gasteiger partial charge is 0.465 e. The first-order valence-electron chi connectivity index (χ1n) is 6.83. The maximum Gasteiger partial charge on any atom is 0.349 e. The van der Waals surface area contributed by atoms with Crippen LogP contribution in [0.3, 0.4) is 0 Å². The maximum atomic E-state index is 13.0. The number of fused-ring (bicyclic) bond motifs is 2. The van der Waals surface area contributed by atoms with Crippen LogP contribution in [-0.4, -0.2) is 51.1 Å². The molecule has 0 radical (unpaired) electrons. The van der Waals surface area contributed by atoms with Gasteiger partial charge in [0.15, 0.2) is 0 Å². The van der Waals surface area contributed by atoms with Crippen molar-refractivity contribution in [2.45, 2.75) is 36.2 Å². The SMILES string of the molecule is COC(=O)c1sccc1S(=O)(=O)N1[C@H]2CCC[C@H]1COC2. The first kappa shape index (κ1) is 15.0. The van der Waals surface area contributed by atoms with E-state index in [-0.39, 0.29) is 21.9 Å². The quantitative estimate of drug-likeness (QED) is 0.785. The number of carbonyl (C=O) groups excluding carboxylic acids is 1. The molecular formula is C13H17NO5S2. The Morgan fingerprint density at radius 1 is 1.38 bits per heavy atom. The minimum absolute atomic E-state index is 0.0538. The van der Waals surface area contributed by atoms with Crippen molar-refractivity contribution in [1.29, 1.82) is 0 Å². The standard InChI is InChI=1S/C13H17NO5S2/c1-18-13(15)12-11(5-6-20-12)21(16,17)14-9-3-2-4-10(14)8-19-7-9/h5-6,9-10H,2-4,7-8H2,1H3/t9-,10-/m0/s1. The number of hydrogen-bond acceptors (Lipinski definition) is 6. The number of nitrogens with zero attached hydrogens (tertiary/aromatic N) is 1. The Bertz CT molecular complexity index is 617. The molecule has 2 bridgehead atoms. The number of ether oxygens (including phenoxy) is 2. The third-order valence-electron chi connectivity index (χ3n) is 3.97. The summed E-state index contributed by atoms with van der Waals surface area (Å²) in [7, 11) is -2.45. The summed E-state index contributed by atoms with van der Waals surface area (Å²) in [6.45, 7) is 0.848. The van der Waals surface area contributed by atoms with E-state index in [1.807, 2.05) is 0 Å². The van der Waals surface area contributed by atoms with Crippen molar-refractivity contribution in [1.82, 2.24) is 4.31 Å². The average Bonchev–Trinajstić information content (AvgIpc) is 2.95. The lowest BCUT2D eigenvalue weighted by molar-refractivity contribution is -0.0298. The topological polar surface area (TPSA) is 72.9 Å². The Labute approximate surface area is 127 Å². The van der Waals surface area contributed by atoms with E-state index in [4.69, 9.17) is 4.74 Å². The summed E-state index contributed by atoms with van der Waals surface area (Å²) in [5, 5.41) is 1.61. The number of thiophene rings is 1. The molecular weight excluding hydrogens is 314 g/mol. The molecule has 2 aliphatic heterocycles. The molecule has 2 saturated heterocycles. The van der Waals surface area contributed by atoms with Crippen LogP contribution in [0.1, 0.15) is 28.9 Å². The molecule has 6 nitrogen and oxygen atoms in total. The fraction of sp³-hybridized carbons (Fsp3) is 0.615. The fourth-order valence-electron chi connectivity index (χ4n) is 3.04. The summed E-state index contributed by atoms with van der Waals surface area (Å²) in [5.74, 6) is -0.609. The summed E-state index contributed by atoms with van der Waals surface area (Å²) in [6, 6.07) is 1.22. The van der Waals surface area contributed by atoms with E-state index in [2.05, 4.69) is 4.74 Å². The van der Waals surface area contributed by atoms with Gasteiger partial charge in [0, 0.05) is 12.1 Å². The lowest BCUT2D eigenvalue weighted by atomic mass is 9.98.